The first kappa shape index (κ1) is 17.5. The lowest BCUT2D eigenvalue weighted by atomic mass is 10.1. The van der Waals surface area contributed by atoms with Crippen LogP contribution in [0.15, 0.2) is 54.6 Å². The quantitative estimate of drug-likeness (QED) is 0.719. The van der Waals surface area contributed by atoms with E-state index in [4.69, 9.17) is 0 Å². The van der Waals surface area contributed by atoms with Crippen molar-refractivity contribution in [2.45, 2.75) is 6.18 Å². The highest BCUT2D eigenvalue weighted by molar-refractivity contribution is 5.95. The molecule has 1 aromatic heterocycles. The van der Waals surface area contributed by atoms with Gasteiger partial charge in [0.1, 0.15) is 11.3 Å². The summed E-state index contributed by atoms with van der Waals surface area (Å²) < 4.78 is 36.9. The predicted octanol–water partition coefficient (Wildman–Crippen LogP) is 4.61. The summed E-state index contributed by atoms with van der Waals surface area (Å²) in [5, 5.41) is 12.4. The highest BCUT2D eigenvalue weighted by atomic mass is 19.4. The van der Waals surface area contributed by atoms with Crippen molar-refractivity contribution >= 4 is 34.6 Å². The monoisotopic (exact) mass is 358 g/mol. The zero-order chi connectivity index (χ0) is 18.7. The molecule has 0 radical (unpaired) electrons. The van der Waals surface area contributed by atoms with Crippen LogP contribution in [0.2, 0.25) is 0 Å². The number of alkyl halides is 3. The third kappa shape index (κ3) is 4.00. The van der Waals surface area contributed by atoms with Crippen molar-refractivity contribution in [2.24, 2.45) is 0 Å². The van der Waals surface area contributed by atoms with Crippen molar-refractivity contribution in [1.82, 2.24) is 4.98 Å². The van der Waals surface area contributed by atoms with Gasteiger partial charge in [0.25, 0.3) is 0 Å². The fourth-order valence-corrected chi connectivity index (χ4v) is 2.34. The fraction of sp³-hybridized carbons (Fsp3) is 0.0526. The standard InChI is InChI=1S/C19H13F3N2O2/c20-19(21,22)18(26)24-15-5-1-3-12(11-15)7-9-14-10-8-13-4-2-6-16(25)17(13)23-14/h1-11,25H,(H,24,26)/b9-7+. The van der Waals surface area contributed by atoms with Gasteiger partial charge in [-0.05, 0) is 35.9 Å². The van der Waals surface area contributed by atoms with Gasteiger partial charge in [0.15, 0.2) is 0 Å². The molecule has 0 unspecified atom stereocenters. The van der Waals surface area contributed by atoms with Crippen LogP contribution in [0, 0.1) is 0 Å². The second-order valence-corrected chi connectivity index (χ2v) is 5.50. The molecule has 132 valence electrons. The number of aromatic nitrogens is 1. The van der Waals surface area contributed by atoms with Gasteiger partial charge in [0, 0.05) is 11.1 Å². The normalized spacial score (nSPS) is 11.8. The summed E-state index contributed by atoms with van der Waals surface area (Å²) in [6.07, 6.45) is -1.63. The summed E-state index contributed by atoms with van der Waals surface area (Å²) in [6.45, 7) is 0. The molecule has 0 saturated carbocycles. The molecule has 0 bridgehead atoms. The van der Waals surface area contributed by atoms with Crippen molar-refractivity contribution < 1.29 is 23.1 Å². The summed E-state index contributed by atoms with van der Waals surface area (Å²) in [4.78, 5) is 15.3. The summed E-state index contributed by atoms with van der Waals surface area (Å²) >= 11 is 0. The molecule has 2 N–H and O–H groups in total. The number of carbonyl (C=O) groups is 1. The Labute approximate surface area is 146 Å². The molecule has 0 saturated heterocycles. The number of phenols is 1. The van der Waals surface area contributed by atoms with Gasteiger partial charge in [-0.25, -0.2) is 4.98 Å². The van der Waals surface area contributed by atoms with Gasteiger partial charge in [-0.2, -0.15) is 13.2 Å². The Kier molecular flexibility index (Phi) is 4.62. The van der Waals surface area contributed by atoms with Crippen LogP contribution >= 0.6 is 0 Å². The van der Waals surface area contributed by atoms with Gasteiger partial charge >= 0.3 is 12.1 Å². The van der Waals surface area contributed by atoms with Crippen LogP contribution in [0.1, 0.15) is 11.3 Å². The number of fused-ring (bicyclic) bond motifs is 1. The fourth-order valence-electron chi connectivity index (χ4n) is 2.34. The van der Waals surface area contributed by atoms with Crippen LogP contribution in [0.3, 0.4) is 0 Å². The number of hydrogen-bond donors (Lipinski definition) is 2. The molecule has 26 heavy (non-hydrogen) atoms. The molecule has 1 heterocycles. The molecule has 0 aliphatic carbocycles. The van der Waals surface area contributed by atoms with Crippen LogP contribution in [0.4, 0.5) is 18.9 Å². The van der Waals surface area contributed by atoms with Crippen molar-refractivity contribution in [3.05, 3.63) is 65.9 Å². The maximum absolute atomic E-state index is 12.3. The van der Waals surface area contributed by atoms with E-state index in [0.29, 0.717) is 16.8 Å². The molecule has 4 nitrogen and oxygen atoms in total. The summed E-state index contributed by atoms with van der Waals surface area (Å²) in [5.41, 5.74) is 1.66. The molecule has 7 heteroatoms. The van der Waals surface area contributed by atoms with E-state index in [-0.39, 0.29) is 11.4 Å². The first-order chi connectivity index (χ1) is 12.3. The minimum absolute atomic E-state index is 0.0404. The number of phenolic OH excluding ortho intramolecular Hbond substituents is 1. The number of para-hydroxylation sites is 1. The second-order valence-electron chi connectivity index (χ2n) is 5.50. The highest BCUT2D eigenvalue weighted by Crippen LogP contribution is 2.23. The number of rotatable bonds is 3. The first-order valence-electron chi connectivity index (χ1n) is 7.58. The summed E-state index contributed by atoms with van der Waals surface area (Å²) in [5.74, 6) is -1.96. The second kappa shape index (κ2) is 6.87. The maximum atomic E-state index is 12.3. The van der Waals surface area contributed by atoms with Gasteiger partial charge in [-0.3, -0.25) is 4.79 Å². The van der Waals surface area contributed by atoms with Gasteiger partial charge in [0.05, 0.1) is 5.69 Å². The zero-order valence-corrected chi connectivity index (χ0v) is 13.3. The molecule has 0 aliphatic heterocycles. The lowest BCUT2D eigenvalue weighted by Gasteiger charge is -2.08. The minimum Gasteiger partial charge on any atom is -0.506 e. The number of amides is 1. The van der Waals surface area contributed by atoms with Crippen LogP contribution in [0.5, 0.6) is 5.75 Å². The van der Waals surface area contributed by atoms with E-state index < -0.39 is 12.1 Å². The van der Waals surface area contributed by atoms with E-state index >= 15 is 0 Å². The van der Waals surface area contributed by atoms with Crippen LogP contribution < -0.4 is 5.32 Å². The number of halogens is 3. The van der Waals surface area contributed by atoms with Crippen molar-refractivity contribution in [2.75, 3.05) is 5.32 Å². The number of aromatic hydroxyl groups is 1. The van der Waals surface area contributed by atoms with E-state index in [1.54, 1.807) is 35.7 Å². The summed E-state index contributed by atoms with van der Waals surface area (Å²) in [6, 6.07) is 14.6. The van der Waals surface area contributed by atoms with Gasteiger partial charge in [0.2, 0.25) is 0 Å². The Morgan fingerprint density at radius 2 is 1.81 bits per heavy atom. The zero-order valence-electron chi connectivity index (χ0n) is 13.3. The molecular formula is C19H13F3N2O2. The number of nitrogens with one attached hydrogen (secondary N) is 1. The Balaban J connectivity index is 1.82. The molecule has 3 aromatic rings. The largest absolute Gasteiger partial charge is 0.506 e. The van der Waals surface area contributed by atoms with Crippen LogP contribution in [-0.2, 0) is 4.79 Å². The Morgan fingerprint density at radius 1 is 1.04 bits per heavy atom. The summed E-state index contributed by atoms with van der Waals surface area (Å²) in [7, 11) is 0. The lowest BCUT2D eigenvalue weighted by molar-refractivity contribution is -0.167. The average Bonchev–Trinajstić information content (AvgIpc) is 2.60. The van der Waals surface area contributed by atoms with E-state index in [9.17, 15) is 23.1 Å². The Bertz CT molecular complexity index is 997. The Morgan fingerprint density at radius 3 is 2.58 bits per heavy atom. The first-order valence-corrected chi connectivity index (χ1v) is 7.58. The van der Waals surface area contributed by atoms with Crippen LogP contribution in [0.25, 0.3) is 23.1 Å². The smallest absolute Gasteiger partial charge is 0.471 e. The van der Waals surface area contributed by atoms with Crippen molar-refractivity contribution in [3.63, 3.8) is 0 Å². The van der Waals surface area contributed by atoms with Gasteiger partial charge < -0.3 is 10.4 Å². The number of nitrogens with zero attached hydrogens (tertiary/aromatic N) is 1. The average molecular weight is 358 g/mol. The molecule has 0 fully saturated rings. The SMILES string of the molecule is O=C(Nc1cccc(/C=C/c2ccc3cccc(O)c3n2)c1)C(F)(F)F. The third-order valence-electron chi connectivity index (χ3n) is 3.57. The number of hydrogen-bond acceptors (Lipinski definition) is 3. The molecular weight excluding hydrogens is 345 g/mol. The van der Waals surface area contributed by atoms with E-state index in [2.05, 4.69) is 4.98 Å². The van der Waals surface area contributed by atoms with E-state index in [0.717, 1.165) is 5.39 Å². The molecule has 3 rings (SSSR count). The number of benzene rings is 2. The maximum Gasteiger partial charge on any atom is 0.471 e. The molecule has 2 aromatic carbocycles. The van der Waals surface area contributed by atoms with Crippen molar-refractivity contribution in [3.8, 4) is 5.75 Å². The minimum atomic E-state index is -4.94. The molecule has 0 atom stereocenters. The molecule has 1 amide bonds. The van der Waals surface area contributed by atoms with Crippen molar-refractivity contribution in [1.29, 1.82) is 0 Å². The number of pyridine rings is 1. The molecule has 0 spiro atoms. The predicted molar refractivity (Wildman–Crippen MR) is 93.5 cm³/mol. The van der Waals surface area contributed by atoms with Crippen LogP contribution in [-0.4, -0.2) is 22.2 Å². The van der Waals surface area contributed by atoms with E-state index in [1.165, 1.54) is 24.3 Å². The van der Waals surface area contributed by atoms with Gasteiger partial charge in [-0.15, -0.1) is 0 Å². The Hall–Kier alpha value is -3.35. The topological polar surface area (TPSA) is 62.2 Å². The lowest BCUT2D eigenvalue weighted by Crippen LogP contribution is -2.29. The highest BCUT2D eigenvalue weighted by Gasteiger charge is 2.38. The number of carbonyl (C=O) groups excluding carboxylic acids is 1. The number of anilines is 1. The molecule has 0 aliphatic rings. The van der Waals surface area contributed by atoms with Gasteiger partial charge in [-0.1, -0.05) is 36.4 Å². The van der Waals surface area contributed by atoms with E-state index in [1.807, 2.05) is 12.1 Å². The third-order valence-corrected chi connectivity index (χ3v) is 3.57.